The zero-order valence-electron chi connectivity index (χ0n) is 13.2. The fourth-order valence-corrected chi connectivity index (χ4v) is 2.13. The number of ether oxygens (including phenoxy) is 1. The summed E-state index contributed by atoms with van der Waals surface area (Å²) in [6.07, 6.45) is 4.13. The lowest BCUT2D eigenvalue weighted by Crippen LogP contribution is -2.25. The molecule has 1 aromatic heterocycles. The van der Waals surface area contributed by atoms with E-state index in [9.17, 15) is 0 Å². The summed E-state index contributed by atoms with van der Waals surface area (Å²) in [7, 11) is 1.73. The second kappa shape index (κ2) is 9.53. The molecule has 5 nitrogen and oxygen atoms in total. The van der Waals surface area contributed by atoms with Crippen molar-refractivity contribution in [3.8, 4) is 0 Å². The molecule has 0 amide bonds. The van der Waals surface area contributed by atoms with Crippen LogP contribution in [0.15, 0.2) is 6.07 Å². The maximum atomic E-state index is 5.26. The smallest absolute Gasteiger partial charge is 0.133 e. The van der Waals surface area contributed by atoms with Gasteiger partial charge in [-0.1, -0.05) is 20.3 Å². The number of hydrogen-bond acceptors (Lipinski definition) is 5. The number of anilines is 2. The summed E-state index contributed by atoms with van der Waals surface area (Å²) in [5.74, 6) is 2.66. The molecule has 0 spiro atoms. The van der Waals surface area contributed by atoms with Crippen LogP contribution in [0.1, 0.15) is 45.9 Å². The number of aromatic nitrogens is 2. The summed E-state index contributed by atoms with van der Waals surface area (Å²) in [5, 5.41) is 6.72. The predicted octanol–water partition coefficient (Wildman–Crippen LogP) is 3.09. The fourth-order valence-electron chi connectivity index (χ4n) is 2.13. The van der Waals surface area contributed by atoms with Gasteiger partial charge in [0.2, 0.25) is 0 Å². The Balaban J connectivity index is 2.84. The molecule has 0 fully saturated rings. The van der Waals surface area contributed by atoms with E-state index in [4.69, 9.17) is 4.74 Å². The maximum absolute atomic E-state index is 5.26. The molecule has 0 aliphatic rings. The Bertz CT molecular complexity index is 354. The zero-order valence-corrected chi connectivity index (χ0v) is 13.2. The maximum Gasteiger partial charge on any atom is 0.133 e. The van der Waals surface area contributed by atoms with Crippen molar-refractivity contribution in [3.05, 3.63) is 11.9 Å². The molecule has 114 valence electrons. The minimum Gasteiger partial charge on any atom is -0.383 e. The summed E-state index contributed by atoms with van der Waals surface area (Å²) < 4.78 is 5.26. The average Bonchev–Trinajstić information content (AvgIpc) is 2.40. The minimum absolute atomic E-state index is 0.295. The lowest BCUT2D eigenvalue weighted by atomic mass is 10.2. The van der Waals surface area contributed by atoms with Crippen molar-refractivity contribution in [2.75, 3.05) is 30.9 Å². The van der Waals surface area contributed by atoms with Crippen LogP contribution >= 0.6 is 0 Å². The Hall–Kier alpha value is -1.36. The molecule has 1 atom stereocenters. The number of aryl methyl sites for hydroxylation is 1. The highest BCUT2D eigenvalue weighted by Crippen LogP contribution is 2.15. The molecule has 1 heterocycles. The number of rotatable bonds is 10. The van der Waals surface area contributed by atoms with Gasteiger partial charge in [0.25, 0.3) is 0 Å². The Morgan fingerprint density at radius 2 is 1.90 bits per heavy atom. The van der Waals surface area contributed by atoms with E-state index in [0.717, 1.165) is 49.7 Å². The van der Waals surface area contributed by atoms with Gasteiger partial charge < -0.3 is 15.4 Å². The van der Waals surface area contributed by atoms with Gasteiger partial charge in [0, 0.05) is 26.1 Å². The van der Waals surface area contributed by atoms with E-state index < -0.39 is 0 Å². The van der Waals surface area contributed by atoms with Gasteiger partial charge in [-0.2, -0.15) is 0 Å². The molecule has 0 bridgehead atoms. The van der Waals surface area contributed by atoms with Gasteiger partial charge in [-0.3, -0.25) is 0 Å². The molecule has 0 aliphatic heterocycles. The molecule has 1 aromatic rings. The standard InChI is InChI=1S/C15H28N4O/c1-5-8-12(11-20-4)17-15-10-14(16-7-3)18-13(19-15)9-6-2/h10,12H,5-9,11H2,1-4H3,(H2,16,17,18,19). The molecule has 0 aromatic carbocycles. The third kappa shape index (κ3) is 5.74. The largest absolute Gasteiger partial charge is 0.383 e. The van der Waals surface area contributed by atoms with Crippen LogP contribution in [0.25, 0.3) is 0 Å². The van der Waals surface area contributed by atoms with Gasteiger partial charge >= 0.3 is 0 Å². The number of methoxy groups -OCH3 is 1. The molecule has 0 radical (unpaired) electrons. The van der Waals surface area contributed by atoms with Crippen molar-refractivity contribution in [3.63, 3.8) is 0 Å². The number of hydrogen-bond donors (Lipinski definition) is 2. The zero-order chi connectivity index (χ0) is 14.8. The van der Waals surface area contributed by atoms with E-state index in [1.807, 2.05) is 6.07 Å². The third-order valence-corrected chi connectivity index (χ3v) is 2.96. The number of nitrogens with one attached hydrogen (secondary N) is 2. The van der Waals surface area contributed by atoms with E-state index in [0.29, 0.717) is 12.6 Å². The normalized spacial score (nSPS) is 12.2. The average molecular weight is 280 g/mol. The Morgan fingerprint density at radius 3 is 2.50 bits per heavy atom. The second-order valence-corrected chi connectivity index (χ2v) is 4.92. The van der Waals surface area contributed by atoms with E-state index >= 15 is 0 Å². The van der Waals surface area contributed by atoms with Crippen molar-refractivity contribution in [2.45, 2.75) is 52.5 Å². The summed E-state index contributed by atoms with van der Waals surface area (Å²) in [5.41, 5.74) is 0. The molecule has 5 heteroatoms. The Labute approximate surface area is 122 Å². The van der Waals surface area contributed by atoms with Crippen LogP contribution in [0.2, 0.25) is 0 Å². The summed E-state index contributed by atoms with van der Waals surface area (Å²) >= 11 is 0. The van der Waals surface area contributed by atoms with Crippen molar-refractivity contribution >= 4 is 11.6 Å². The first-order chi connectivity index (χ1) is 9.73. The lowest BCUT2D eigenvalue weighted by molar-refractivity contribution is 0.182. The van der Waals surface area contributed by atoms with Crippen LogP contribution in [0.5, 0.6) is 0 Å². The first-order valence-electron chi connectivity index (χ1n) is 7.60. The molecular weight excluding hydrogens is 252 g/mol. The van der Waals surface area contributed by atoms with E-state index in [1.165, 1.54) is 0 Å². The topological polar surface area (TPSA) is 59.1 Å². The van der Waals surface area contributed by atoms with Crippen LogP contribution in [-0.2, 0) is 11.2 Å². The van der Waals surface area contributed by atoms with Gasteiger partial charge in [0.05, 0.1) is 12.6 Å². The summed E-state index contributed by atoms with van der Waals surface area (Å²) in [6, 6.07) is 2.27. The van der Waals surface area contributed by atoms with Crippen molar-refractivity contribution in [1.29, 1.82) is 0 Å². The van der Waals surface area contributed by atoms with Crippen LogP contribution < -0.4 is 10.6 Å². The van der Waals surface area contributed by atoms with Crippen LogP contribution in [0.3, 0.4) is 0 Å². The summed E-state index contributed by atoms with van der Waals surface area (Å²) in [4.78, 5) is 9.11. The van der Waals surface area contributed by atoms with Crippen LogP contribution in [-0.4, -0.2) is 36.3 Å². The van der Waals surface area contributed by atoms with E-state index in [-0.39, 0.29) is 0 Å². The highest BCUT2D eigenvalue weighted by atomic mass is 16.5. The first-order valence-corrected chi connectivity index (χ1v) is 7.60. The van der Waals surface area contributed by atoms with Crippen LogP contribution in [0.4, 0.5) is 11.6 Å². The van der Waals surface area contributed by atoms with Gasteiger partial charge in [0.15, 0.2) is 0 Å². The second-order valence-electron chi connectivity index (χ2n) is 4.92. The van der Waals surface area contributed by atoms with Crippen LogP contribution in [0, 0.1) is 0 Å². The molecule has 1 rings (SSSR count). The Morgan fingerprint density at radius 1 is 1.15 bits per heavy atom. The SMILES string of the molecule is CCCc1nc(NCC)cc(NC(CCC)COC)n1. The lowest BCUT2D eigenvalue weighted by Gasteiger charge is -2.18. The quantitative estimate of drug-likeness (QED) is 0.689. The molecule has 0 saturated heterocycles. The molecule has 1 unspecified atom stereocenters. The number of nitrogens with zero attached hydrogens (tertiary/aromatic N) is 2. The molecule has 0 saturated carbocycles. The van der Waals surface area contributed by atoms with Crippen molar-refractivity contribution < 1.29 is 4.74 Å². The fraction of sp³-hybridized carbons (Fsp3) is 0.733. The Kier molecular flexibility index (Phi) is 7.95. The highest BCUT2D eigenvalue weighted by molar-refractivity contribution is 5.48. The summed E-state index contributed by atoms with van der Waals surface area (Å²) in [6.45, 7) is 7.94. The van der Waals surface area contributed by atoms with Gasteiger partial charge in [0.1, 0.15) is 17.5 Å². The third-order valence-electron chi connectivity index (χ3n) is 2.96. The van der Waals surface area contributed by atoms with Crippen molar-refractivity contribution in [1.82, 2.24) is 9.97 Å². The van der Waals surface area contributed by atoms with Crippen molar-refractivity contribution in [2.24, 2.45) is 0 Å². The van der Waals surface area contributed by atoms with Gasteiger partial charge in [-0.15, -0.1) is 0 Å². The van der Waals surface area contributed by atoms with E-state index in [2.05, 4.69) is 41.4 Å². The van der Waals surface area contributed by atoms with Gasteiger partial charge in [-0.05, 0) is 19.8 Å². The predicted molar refractivity (Wildman–Crippen MR) is 84.4 cm³/mol. The highest BCUT2D eigenvalue weighted by Gasteiger charge is 2.10. The first kappa shape index (κ1) is 16.7. The monoisotopic (exact) mass is 280 g/mol. The van der Waals surface area contributed by atoms with E-state index in [1.54, 1.807) is 7.11 Å². The van der Waals surface area contributed by atoms with Gasteiger partial charge in [-0.25, -0.2) is 9.97 Å². The molecule has 2 N–H and O–H groups in total. The molecule has 20 heavy (non-hydrogen) atoms. The molecular formula is C15H28N4O. The minimum atomic E-state index is 0.295. The molecule has 0 aliphatic carbocycles.